The molecule has 0 aliphatic carbocycles. The van der Waals surface area contributed by atoms with Crippen LogP contribution < -0.4 is 11.1 Å². The summed E-state index contributed by atoms with van der Waals surface area (Å²) >= 11 is 0. The van der Waals surface area contributed by atoms with Gasteiger partial charge in [-0.15, -0.1) is 0 Å². The van der Waals surface area contributed by atoms with Gasteiger partial charge in [-0.2, -0.15) is 0 Å². The second-order valence-corrected chi connectivity index (χ2v) is 5.70. The van der Waals surface area contributed by atoms with Crippen LogP contribution in [-0.2, 0) is 0 Å². The molecule has 0 spiro atoms. The number of anilines is 1. The van der Waals surface area contributed by atoms with Crippen molar-refractivity contribution >= 4 is 11.7 Å². The van der Waals surface area contributed by atoms with E-state index in [0.29, 0.717) is 12.4 Å². The van der Waals surface area contributed by atoms with Crippen molar-refractivity contribution in [3.05, 3.63) is 54.0 Å². The van der Waals surface area contributed by atoms with Crippen LogP contribution in [0.5, 0.6) is 0 Å². The Morgan fingerprint density at radius 2 is 1.96 bits per heavy atom. The molecule has 23 heavy (non-hydrogen) atoms. The Morgan fingerprint density at radius 1 is 1.22 bits per heavy atom. The number of carbonyl (C=O) groups is 1. The van der Waals surface area contributed by atoms with Crippen LogP contribution in [0.15, 0.2) is 42.7 Å². The number of nitrogens with zero attached hydrogens (tertiary/aromatic N) is 3. The smallest absolute Gasteiger partial charge is 0.268 e. The molecule has 1 aliphatic heterocycles. The minimum Gasteiger partial charge on any atom is -0.367 e. The molecule has 120 valence electrons. The normalized spacial score (nSPS) is 16.2. The van der Waals surface area contributed by atoms with Crippen molar-refractivity contribution in [3.8, 4) is 0 Å². The quantitative estimate of drug-likeness (QED) is 0.850. The number of rotatable bonds is 6. The summed E-state index contributed by atoms with van der Waals surface area (Å²) in [5.74, 6) is 0.00160. The fourth-order valence-corrected chi connectivity index (χ4v) is 2.96. The third-order valence-corrected chi connectivity index (χ3v) is 4.13. The molecular formula is C17H21N5O. The second-order valence-electron chi connectivity index (χ2n) is 5.70. The third-order valence-electron chi connectivity index (χ3n) is 4.13. The number of hydrogen-bond donors (Lipinski definition) is 2. The van der Waals surface area contributed by atoms with Crippen molar-refractivity contribution in [2.45, 2.75) is 18.9 Å². The van der Waals surface area contributed by atoms with Crippen LogP contribution in [-0.4, -0.2) is 40.4 Å². The van der Waals surface area contributed by atoms with Crippen molar-refractivity contribution in [1.29, 1.82) is 0 Å². The molecule has 6 heteroatoms. The summed E-state index contributed by atoms with van der Waals surface area (Å²) in [5, 5.41) is 3.29. The summed E-state index contributed by atoms with van der Waals surface area (Å²) in [6.07, 6.45) is 5.46. The van der Waals surface area contributed by atoms with Crippen molar-refractivity contribution in [3.63, 3.8) is 0 Å². The molecule has 1 aromatic heterocycles. The Labute approximate surface area is 135 Å². The average Bonchev–Trinajstić information content (AvgIpc) is 3.11. The van der Waals surface area contributed by atoms with E-state index in [4.69, 9.17) is 5.73 Å². The highest BCUT2D eigenvalue weighted by molar-refractivity contribution is 5.90. The molecule has 0 saturated carbocycles. The van der Waals surface area contributed by atoms with Gasteiger partial charge in [0.2, 0.25) is 0 Å². The van der Waals surface area contributed by atoms with Gasteiger partial charge in [-0.25, -0.2) is 4.98 Å². The maximum atomic E-state index is 11.2. The molecule has 1 amide bonds. The summed E-state index contributed by atoms with van der Waals surface area (Å²) in [7, 11) is 0. The third kappa shape index (κ3) is 3.84. The van der Waals surface area contributed by atoms with Gasteiger partial charge in [0.15, 0.2) is 0 Å². The number of nitrogens with two attached hydrogens (primary N) is 1. The number of amides is 1. The van der Waals surface area contributed by atoms with Crippen LogP contribution >= 0.6 is 0 Å². The van der Waals surface area contributed by atoms with E-state index in [-0.39, 0.29) is 11.7 Å². The Balaban J connectivity index is 1.74. The van der Waals surface area contributed by atoms with Crippen molar-refractivity contribution in [2.75, 3.05) is 25.0 Å². The molecule has 1 aromatic carbocycles. The van der Waals surface area contributed by atoms with E-state index in [1.807, 2.05) is 6.07 Å². The van der Waals surface area contributed by atoms with Gasteiger partial charge in [-0.1, -0.05) is 30.3 Å². The van der Waals surface area contributed by atoms with Gasteiger partial charge in [0.1, 0.15) is 11.5 Å². The predicted molar refractivity (Wildman–Crippen MR) is 89.0 cm³/mol. The summed E-state index contributed by atoms with van der Waals surface area (Å²) in [4.78, 5) is 21.9. The number of likely N-dealkylation sites (tertiary alicyclic amines) is 1. The molecule has 6 nitrogen and oxygen atoms in total. The van der Waals surface area contributed by atoms with E-state index < -0.39 is 5.91 Å². The molecule has 1 aliphatic rings. The largest absolute Gasteiger partial charge is 0.367 e. The number of hydrogen-bond acceptors (Lipinski definition) is 5. The van der Waals surface area contributed by atoms with E-state index >= 15 is 0 Å². The number of primary amides is 1. The Hall–Kier alpha value is -2.47. The SMILES string of the molecule is NC(=O)c1cncc(NCC(c2ccccc2)N2CCCC2)n1. The maximum Gasteiger partial charge on any atom is 0.268 e. The maximum absolute atomic E-state index is 11.2. The summed E-state index contributed by atoms with van der Waals surface area (Å²) in [6, 6.07) is 10.7. The van der Waals surface area contributed by atoms with Gasteiger partial charge in [0.25, 0.3) is 5.91 Å². The lowest BCUT2D eigenvalue weighted by Crippen LogP contribution is -2.31. The predicted octanol–water partition coefficient (Wildman–Crippen LogP) is 1.82. The Bertz CT molecular complexity index is 655. The van der Waals surface area contributed by atoms with Gasteiger partial charge < -0.3 is 11.1 Å². The van der Waals surface area contributed by atoms with E-state index in [2.05, 4.69) is 44.5 Å². The first-order chi connectivity index (χ1) is 11.2. The molecular weight excluding hydrogens is 290 g/mol. The first-order valence-corrected chi connectivity index (χ1v) is 7.89. The van der Waals surface area contributed by atoms with E-state index in [0.717, 1.165) is 13.1 Å². The molecule has 1 unspecified atom stereocenters. The fraction of sp³-hybridized carbons (Fsp3) is 0.353. The van der Waals surface area contributed by atoms with Crippen molar-refractivity contribution in [1.82, 2.24) is 14.9 Å². The van der Waals surface area contributed by atoms with Crippen LogP contribution in [0.2, 0.25) is 0 Å². The molecule has 2 aromatic rings. The van der Waals surface area contributed by atoms with Crippen LogP contribution in [0.4, 0.5) is 5.82 Å². The molecule has 1 saturated heterocycles. The van der Waals surface area contributed by atoms with Crippen molar-refractivity contribution < 1.29 is 4.79 Å². The highest BCUT2D eigenvalue weighted by atomic mass is 16.1. The first kappa shape index (κ1) is 15.4. The fourth-order valence-electron chi connectivity index (χ4n) is 2.96. The lowest BCUT2D eigenvalue weighted by Gasteiger charge is -2.28. The van der Waals surface area contributed by atoms with Gasteiger partial charge in [-0.3, -0.25) is 14.7 Å². The average molecular weight is 311 g/mol. The summed E-state index contributed by atoms with van der Waals surface area (Å²) < 4.78 is 0. The van der Waals surface area contributed by atoms with Crippen molar-refractivity contribution in [2.24, 2.45) is 5.73 Å². The lowest BCUT2D eigenvalue weighted by atomic mass is 10.1. The van der Waals surface area contributed by atoms with Crippen LogP contribution in [0, 0.1) is 0 Å². The van der Waals surface area contributed by atoms with Gasteiger partial charge in [0, 0.05) is 6.54 Å². The second kappa shape index (κ2) is 7.19. The molecule has 1 fully saturated rings. The number of aromatic nitrogens is 2. The highest BCUT2D eigenvalue weighted by Crippen LogP contribution is 2.25. The van der Waals surface area contributed by atoms with E-state index in [9.17, 15) is 4.79 Å². The molecule has 1 atom stereocenters. The van der Waals surface area contributed by atoms with Crippen LogP contribution in [0.25, 0.3) is 0 Å². The topological polar surface area (TPSA) is 84.1 Å². The highest BCUT2D eigenvalue weighted by Gasteiger charge is 2.23. The van der Waals surface area contributed by atoms with E-state index in [1.165, 1.54) is 24.6 Å². The zero-order valence-electron chi connectivity index (χ0n) is 13.0. The molecule has 0 radical (unpaired) electrons. The lowest BCUT2D eigenvalue weighted by molar-refractivity contribution is 0.0995. The van der Waals surface area contributed by atoms with E-state index in [1.54, 1.807) is 6.20 Å². The molecule has 0 bridgehead atoms. The van der Waals surface area contributed by atoms with Gasteiger partial charge >= 0.3 is 0 Å². The Kier molecular flexibility index (Phi) is 4.83. The first-order valence-electron chi connectivity index (χ1n) is 7.89. The molecule has 3 N–H and O–H groups in total. The van der Waals surface area contributed by atoms with Crippen LogP contribution in [0.1, 0.15) is 34.9 Å². The minimum absolute atomic E-state index is 0.174. The minimum atomic E-state index is -0.569. The Morgan fingerprint density at radius 3 is 2.65 bits per heavy atom. The summed E-state index contributed by atoms with van der Waals surface area (Å²) in [5.41, 5.74) is 6.70. The monoisotopic (exact) mass is 311 g/mol. The zero-order valence-corrected chi connectivity index (χ0v) is 13.0. The number of nitrogens with one attached hydrogen (secondary N) is 1. The summed E-state index contributed by atoms with van der Waals surface area (Å²) in [6.45, 7) is 2.92. The van der Waals surface area contributed by atoms with Crippen LogP contribution in [0.3, 0.4) is 0 Å². The number of benzene rings is 1. The zero-order chi connectivity index (χ0) is 16.1. The molecule has 2 heterocycles. The molecule has 3 rings (SSSR count). The van der Waals surface area contributed by atoms with Gasteiger partial charge in [-0.05, 0) is 31.5 Å². The number of carbonyl (C=O) groups excluding carboxylic acids is 1. The van der Waals surface area contributed by atoms with Gasteiger partial charge in [0.05, 0.1) is 18.4 Å². The standard InChI is InChI=1S/C17H21N5O/c18-17(23)14-10-19-12-16(21-14)20-11-15(22-8-4-5-9-22)13-6-2-1-3-7-13/h1-3,6-7,10,12,15H,4-5,8-9,11H2,(H2,18,23)(H,20,21).